The predicted molar refractivity (Wildman–Crippen MR) is 81.3 cm³/mol. The second kappa shape index (κ2) is 6.93. The lowest BCUT2D eigenvalue weighted by molar-refractivity contribution is -0.141. The van der Waals surface area contributed by atoms with Gasteiger partial charge in [-0.3, -0.25) is 4.79 Å². The lowest BCUT2D eigenvalue weighted by Crippen LogP contribution is -2.46. The third-order valence-corrected chi connectivity index (χ3v) is 4.37. The molecule has 3 N–H and O–H groups in total. The summed E-state index contributed by atoms with van der Waals surface area (Å²) in [6.45, 7) is 0. The molecule has 1 fully saturated rings. The van der Waals surface area contributed by atoms with E-state index in [4.69, 9.17) is 0 Å². The van der Waals surface area contributed by atoms with E-state index in [9.17, 15) is 19.8 Å². The number of nitrogens with one attached hydrogen (secondary N) is 1. The Bertz CT molecular complexity index is 540. The van der Waals surface area contributed by atoms with Gasteiger partial charge in [-0.1, -0.05) is 35.2 Å². The molecule has 114 valence electrons. The molecule has 1 saturated carbocycles. The number of carbonyl (C=O) groups excluding carboxylic acids is 1. The number of aliphatic carboxylic acids is 1. The highest BCUT2D eigenvalue weighted by molar-refractivity contribution is 9.10. The van der Waals surface area contributed by atoms with Gasteiger partial charge in [0.05, 0.1) is 5.56 Å². The smallest absolute Gasteiger partial charge is 0.326 e. The Morgan fingerprint density at radius 3 is 2.48 bits per heavy atom. The largest absolute Gasteiger partial charge is 0.507 e. The van der Waals surface area contributed by atoms with Gasteiger partial charge in [-0.15, -0.1) is 0 Å². The minimum atomic E-state index is -1.02. The molecule has 1 atom stereocenters. The number of carbonyl (C=O) groups is 2. The highest BCUT2D eigenvalue weighted by Crippen LogP contribution is 2.27. The number of carboxylic acids is 1. The number of phenolic OH excluding ortho intramolecular Hbond substituents is 1. The van der Waals surface area contributed by atoms with Gasteiger partial charge in [0.1, 0.15) is 11.8 Å². The molecule has 0 aromatic heterocycles. The highest BCUT2D eigenvalue weighted by atomic mass is 79.9. The maximum absolute atomic E-state index is 12.2. The van der Waals surface area contributed by atoms with Crippen molar-refractivity contribution in [1.29, 1.82) is 0 Å². The third kappa shape index (κ3) is 3.97. The summed E-state index contributed by atoms with van der Waals surface area (Å²) in [7, 11) is 0. The normalized spacial score (nSPS) is 17.2. The molecule has 0 bridgehead atoms. The molecule has 21 heavy (non-hydrogen) atoms. The van der Waals surface area contributed by atoms with Crippen molar-refractivity contribution in [3.63, 3.8) is 0 Å². The molecule has 0 radical (unpaired) electrons. The summed E-state index contributed by atoms with van der Waals surface area (Å²) in [5.41, 5.74) is 0.0836. The molecule has 5 nitrogen and oxygen atoms in total. The maximum Gasteiger partial charge on any atom is 0.326 e. The van der Waals surface area contributed by atoms with Crippen LogP contribution in [-0.2, 0) is 4.79 Å². The number of hydrogen-bond acceptors (Lipinski definition) is 3. The van der Waals surface area contributed by atoms with Crippen LogP contribution in [0.4, 0.5) is 0 Å². The van der Waals surface area contributed by atoms with Crippen LogP contribution in [-0.4, -0.2) is 28.1 Å². The first-order valence-corrected chi connectivity index (χ1v) is 7.80. The van der Waals surface area contributed by atoms with E-state index in [1.54, 1.807) is 6.07 Å². The Labute approximate surface area is 131 Å². The van der Waals surface area contributed by atoms with Gasteiger partial charge in [-0.05, 0) is 37.0 Å². The van der Waals surface area contributed by atoms with E-state index in [2.05, 4.69) is 21.2 Å². The fourth-order valence-electron chi connectivity index (χ4n) is 2.76. The molecular weight excluding hydrogens is 338 g/mol. The minimum Gasteiger partial charge on any atom is -0.507 e. The summed E-state index contributed by atoms with van der Waals surface area (Å²) in [6.07, 6.45) is 4.72. The van der Waals surface area contributed by atoms with Crippen LogP contribution in [0, 0.1) is 5.92 Å². The molecular formula is C15H18BrNO4. The molecule has 1 aromatic carbocycles. The minimum absolute atomic E-state index is 0.0437. The maximum atomic E-state index is 12.2. The summed E-state index contributed by atoms with van der Waals surface area (Å²) in [6, 6.07) is 3.60. The SMILES string of the molecule is O=C(NC(C(=O)O)C1CCCCC1)c1ccc(Br)cc1O. The second-order valence-corrected chi connectivity index (χ2v) is 6.26. The third-order valence-electron chi connectivity index (χ3n) is 3.88. The van der Waals surface area contributed by atoms with E-state index in [1.807, 2.05) is 0 Å². The molecule has 1 unspecified atom stereocenters. The topological polar surface area (TPSA) is 86.6 Å². The number of hydrogen-bond donors (Lipinski definition) is 3. The van der Waals surface area contributed by atoms with Crippen LogP contribution in [0.15, 0.2) is 22.7 Å². The van der Waals surface area contributed by atoms with E-state index >= 15 is 0 Å². The summed E-state index contributed by atoms with van der Waals surface area (Å²) >= 11 is 3.20. The zero-order valence-corrected chi connectivity index (χ0v) is 13.1. The zero-order chi connectivity index (χ0) is 15.4. The van der Waals surface area contributed by atoms with Crippen molar-refractivity contribution in [2.24, 2.45) is 5.92 Å². The first-order valence-electron chi connectivity index (χ1n) is 7.01. The van der Waals surface area contributed by atoms with Crippen molar-refractivity contribution in [1.82, 2.24) is 5.32 Å². The van der Waals surface area contributed by atoms with E-state index in [1.165, 1.54) is 12.1 Å². The van der Waals surface area contributed by atoms with Crippen molar-refractivity contribution in [3.05, 3.63) is 28.2 Å². The Morgan fingerprint density at radius 1 is 1.24 bits per heavy atom. The van der Waals surface area contributed by atoms with Gasteiger partial charge in [0.25, 0.3) is 5.91 Å². The van der Waals surface area contributed by atoms with Crippen LogP contribution >= 0.6 is 15.9 Å². The summed E-state index contributed by atoms with van der Waals surface area (Å²) in [4.78, 5) is 23.6. The van der Waals surface area contributed by atoms with Gasteiger partial charge in [0.15, 0.2) is 0 Å². The predicted octanol–water partition coefficient (Wildman–Crippen LogP) is 2.92. The van der Waals surface area contributed by atoms with Crippen molar-refractivity contribution in [3.8, 4) is 5.75 Å². The number of halogens is 1. The Hall–Kier alpha value is -1.56. The lowest BCUT2D eigenvalue weighted by Gasteiger charge is -2.28. The zero-order valence-electron chi connectivity index (χ0n) is 11.5. The average Bonchev–Trinajstić information content (AvgIpc) is 2.45. The molecule has 1 amide bonds. The molecule has 2 rings (SSSR count). The Balaban J connectivity index is 2.12. The number of benzene rings is 1. The number of rotatable bonds is 4. The molecule has 0 saturated heterocycles. The van der Waals surface area contributed by atoms with Gasteiger partial charge in [-0.25, -0.2) is 4.79 Å². The van der Waals surface area contributed by atoms with Crippen LogP contribution < -0.4 is 5.32 Å². The summed E-state index contributed by atoms with van der Waals surface area (Å²) in [5.74, 6) is -1.79. The van der Waals surface area contributed by atoms with Crippen molar-refractivity contribution in [2.75, 3.05) is 0 Å². The van der Waals surface area contributed by atoms with Gasteiger partial charge in [-0.2, -0.15) is 0 Å². The lowest BCUT2D eigenvalue weighted by atomic mass is 9.84. The molecule has 0 aliphatic heterocycles. The average molecular weight is 356 g/mol. The molecule has 6 heteroatoms. The Morgan fingerprint density at radius 2 is 1.90 bits per heavy atom. The summed E-state index contributed by atoms with van der Waals surface area (Å²) in [5, 5.41) is 21.7. The molecule has 1 aromatic rings. The van der Waals surface area contributed by atoms with Crippen LogP contribution in [0.3, 0.4) is 0 Å². The number of amides is 1. The molecule has 0 heterocycles. The first-order chi connectivity index (χ1) is 9.99. The van der Waals surface area contributed by atoms with Gasteiger partial charge in [0, 0.05) is 4.47 Å². The van der Waals surface area contributed by atoms with E-state index in [-0.39, 0.29) is 17.2 Å². The number of carboxylic acid groups (broad SMARTS) is 1. The highest BCUT2D eigenvalue weighted by Gasteiger charge is 2.31. The van der Waals surface area contributed by atoms with Gasteiger partial charge >= 0.3 is 5.97 Å². The number of phenols is 1. The van der Waals surface area contributed by atoms with E-state index < -0.39 is 17.9 Å². The molecule has 1 aliphatic rings. The standard InChI is InChI=1S/C15H18BrNO4/c16-10-6-7-11(12(18)8-10)14(19)17-13(15(20)21)9-4-2-1-3-5-9/h6-9,13,18H,1-5H2,(H,17,19)(H,20,21). The van der Waals surface area contributed by atoms with Crippen molar-refractivity contribution in [2.45, 2.75) is 38.1 Å². The van der Waals surface area contributed by atoms with Crippen LogP contribution in [0.2, 0.25) is 0 Å². The fraction of sp³-hybridized carbons (Fsp3) is 0.467. The van der Waals surface area contributed by atoms with Gasteiger partial charge in [0.2, 0.25) is 0 Å². The Kier molecular flexibility index (Phi) is 5.22. The van der Waals surface area contributed by atoms with Crippen LogP contribution in [0.1, 0.15) is 42.5 Å². The van der Waals surface area contributed by atoms with Gasteiger partial charge < -0.3 is 15.5 Å². The van der Waals surface area contributed by atoms with Crippen LogP contribution in [0.5, 0.6) is 5.75 Å². The van der Waals surface area contributed by atoms with E-state index in [0.29, 0.717) is 4.47 Å². The monoisotopic (exact) mass is 355 g/mol. The second-order valence-electron chi connectivity index (χ2n) is 5.35. The summed E-state index contributed by atoms with van der Waals surface area (Å²) < 4.78 is 0.651. The molecule has 0 spiro atoms. The van der Waals surface area contributed by atoms with Crippen molar-refractivity contribution < 1.29 is 19.8 Å². The quantitative estimate of drug-likeness (QED) is 0.774. The first kappa shape index (κ1) is 15.8. The number of aromatic hydroxyl groups is 1. The fourth-order valence-corrected chi connectivity index (χ4v) is 3.11. The molecule has 1 aliphatic carbocycles. The van der Waals surface area contributed by atoms with Crippen molar-refractivity contribution >= 4 is 27.8 Å². The van der Waals surface area contributed by atoms with Crippen LogP contribution in [0.25, 0.3) is 0 Å². The van der Waals surface area contributed by atoms with E-state index in [0.717, 1.165) is 32.1 Å².